The smallest absolute Gasteiger partial charge is 0.0419 e. The maximum Gasteiger partial charge on any atom is 0.0419 e. The first-order valence-corrected chi connectivity index (χ1v) is 6.16. The summed E-state index contributed by atoms with van der Waals surface area (Å²) < 4.78 is 0. The molecule has 3 aromatic rings. The van der Waals surface area contributed by atoms with E-state index in [1.54, 1.807) is 0 Å². The molecule has 0 aliphatic carbocycles. The highest BCUT2D eigenvalue weighted by Crippen LogP contribution is 2.25. The molecule has 0 aromatic heterocycles. The molecule has 0 saturated heterocycles. The number of hydrogen-bond donors (Lipinski definition) is 2. The molecule has 0 aliphatic rings. The van der Waals surface area contributed by atoms with Gasteiger partial charge in [0, 0.05) is 12.6 Å². The van der Waals surface area contributed by atoms with Gasteiger partial charge in [0.25, 0.3) is 0 Å². The molecule has 0 aliphatic heterocycles. The fraction of sp³-hybridized carbons (Fsp3) is 0.125. The van der Waals surface area contributed by atoms with E-state index in [-0.39, 0.29) is 6.04 Å². The lowest BCUT2D eigenvalue weighted by molar-refractivity contribution is 0.738. The molecule has 0 heterocycles. The SMILES string of the molecule is NC[C@H](N)c1ccc2cc3ccccc3cc2c1. The summed E-state index contributed by atoms with van der Waals surface area (Å²) in [6.45, 7) is 0.471. The van der Waals surface area contributed by atoms with Gasteiger partial charge in [-0.1, -0.05) is 36.4 Å². The van der Waals surface area contributed by atoms with Crippen LogP contribution >= 0.6 is 0 Å². The molecule has 0 amide bonds. The Morgan fingerprint density at radius 1 is 0.778 bits per heavy atom. The zero-order valence-electron chi connectivity index (χ0n) is 10.1. The first kappa shape index (κ1) is 11.2. The van der Waals surface area contributed by atoms with Gasteiger partial charge in [-0.2, -0.15) is 0 Å². The normalized spacial score (nSPS) is 13.0. The molecule has 0 spiro atoms. The molecule has 0 saturated carbocycles. The third-order valence-corrected chi connectivity index (χ3v) is 3.41. The topological polar surface area (TPSA) is 52.0 Å². The van der Waals surface area contributed by atoms with Crippen molar-refractivity contribution in [1.82, 2.24) is 0 Å². The fourth-order valence-electron chi connectivity index (χ4n) is 2.33. The van der Waals surface area contributed by atoms with Crippen LogP contribution in [0.15, 0.2) is 54.6 Å². The highest BCUT2D eigenvalue weighted by atomic mass is 14.7. The van der Waals surface area contributed by atoms with E-state index in [1.165, 1.54) is 21.5 Å². The van der Waals surface area contributed by atoms with Gasteiger partial charge < -0.3 is 11.5 Å². The molecule has 0 unspecified atom stereocenters. The minimum Gasteiger partial charge on any atom is -0.329 e. The Hall–Kier alpha value is -1.90. The minimum atomic E-state index is -0.0825. The van der Waals surface area contributed by atoms with Crippen molar-refractivity contribution in [3.63, 3.8) is 0 Å². The average Bonchev–Trinajstić information content (AvgIpc) is 2.43. The molecule has 90 valence electrons. The van der Waals surface area contributed by atoms with Crippen LogP contribution in [-0.4, -0.2) is 6.54 Å². The third-order valence-electron chi connectivity index (χ3n) is 3.41. The summed E-state index contributed by atoms with van der Waals surface area (Å²) in [6, 6.07) is 19.0. The third kappa shape index (κ3) is 1.86. The molecule has 18 heavy (non-hydrogen) atoms. The van der Waals surface area contributed by atoms with E-state index < -0.39 is 0 Å². The summed E-state index contributed by atoms with van der Waals surface area (Å²) in [4.78, 5) is 0. The highest BCUT2D eigenvalue weighted by molar-refractivity contribution is 5.98. The van der Waals surface area contributed by atoms with Crippen molar-refractivity contribution in [2.45, 2.75) is 6.04 Å². The predicted molar refractivity (Wildman–Crippen MR) is 77.4 cm³/mol. The van der Waals surface area contributed by atoms with Gasteiger partial charge in [-0.3, -0.25) is 0 Å². The monoisotopic (exact) mass is 236 g/mol. The lowest BCUT2D eigenvalue weighted by Crippen LogP contribution is -2.20. The molecule has 4 N–H and O–H groups in total. The second-order valence-electron chi connectivity index (χ2n) is 4.65. The van der Waals surface area contributed by atoms with Crippen LogP contribution in [0.3, 0.4) is 0 Å². The van der Waals surface area contributed by atoms with Gasteiger partial charge in [0.2, 0.25) is 0 Å². The Kier molecular flexibility index (Phi) is 2.74. The molecule has 0 bridgehead atoms. The van der Waals surface area contributed by atoms with E-state index in [4.69, 9.17) is 11.5 Å². The number of benzene rings is 3. The van der Waals surface area contributed by atoms with E-state index in [9.17, 15) is 0 Å². The van der Waals surface area contributed by atoms with Crippen LogP contribution in [0, 0.1) is 0 Å². The average molecular weight is 236 g/mol. The second-order valence-corrected chi connectivity index (χ2v) is 4.65. The Labute approximate surface area is 106 Å². The standard InChI is InChI=1S/C16H16N2/c17-10-16(18)14-6-5-13-7-11-3-1-2-4-12(11)8-15(13)9-14/h1-9,16H,10,17-18H2/t16-/m0/s1. The molecule has 1 atom stereocenters. The van der Waals surface area contributed by atoms with Crippen LogP contribution in [-0.2, 0) is 0 Å². The molecule has 0 fully saturated rings. The quantitative estimate of drug-likeness (QED) is 0.672. The Bertz CT molecular complexity index is 704. The number of rotatable bonds is 2. The van der Waals surface area contributed by atoms with Crippen molar-refractivity contribution in [2.24, 2.45) is 11.5 Å². The van der Waals surface area contributed by atoms with E-state index in [1.807, 2.05) is 0 Å². The van der Waals surface area contributed by atoms with Gasteiger partial charge in [0.1, 0.15) is 0 Å². The first-order chi connectivity index (χ1) is 8.78. The zero-order chi connectivity index (χ0) is 12.5. The van der Waals surface area contributed by atoms with Crippen LogP contribution in [0.1, 0.15) is 11.6 Å². The first-order valence-electron chi connectivity index (χ1n) is 6.16. The number of fused-ring (bicyclic) bond motifs is 2. The zero-order valence-corrected chi connectivity index (χ0v) is 10.1. The summed E-state index contributed by atoms with van der Waals surface area (Å²) in [5.74, 6) is 0. The Balaban J connectivity index is 2.24. The second kappa shape index (κ2) is 4.41. The van der Waals surface area contributed by atoms with Gasteiger partial charge >= 0.3 is 0 Å². The largest absolute Gasteiger partial charge is 0.329 e. The van der Waals surface area contributed by atoms with Gasteiger partial charge in [0.15, 0.2) is 0 Å². The summed E-state index contributed by atoms with van der Waals surface area (Å²) in [7, 11) is 0. The lowest BCUT2D eigenvalue weighted by atomic mass is 9.99. The van der Waals surface area contributed by atoms with E-state index in [0.717, 1.165) is 5.56 Å². The summed E-state index contributed by atoms with van der Waals surface area (Å²) in [6.07, 6.45) is 0. The van der Waals surface area contributed by atoms with Crippen molar-refractivity contribution in [3.05, 3.63) is 60.2 Å². The molecule has 3 rings (SSSR count). The van der Waals surface area contributed by atoms with Crippen molar-refractivity contribution >= 4 is 21.5 Å². The summed E-state index contributed by atoms with van der Waals surface area (Å²) >= 11 is 0. The van der Waals surface area contributed by atoms with Crippen LogP contribution < -0.4 is 11.5 Å². The molecule has 2 nitrogen and oxygen atoms in total. The molecule has 0 radical (unpaired) electrons. The van der Waals surface area contributed by atoms with Crippen LogP contribution in [0.2, 0.25) is 0 Å². The molecule has 2 heteroatoms. The van der Waals surface area contributed by atoms with Crippen LogP contribution in [0.25, 0.3) is 21.5 Å². The lowest BCUT2D eigenvalue weighted by Gasteiger charge is -2.10. The maximum atomic E-state index is 5.97. The van der Waals surface area contributed by atoms with Crippen LogP contribution in [0.4, 0.5) is 0 Å². The van der Waals surface area contributed by atoms with Crippen LogP contribution in [0.5, 0.6) is 0 Å². The Morgan fingerprint density at radius 2 is 1.39 bits per heavy atom. The predicted octanol–water partition coefficient (Wildman–Crippen LogP) is 2.95. The number of hydrogen-bond acceptors (Lipinski definition) is 2. The van der Waals surface area contributed by atoms with Gasteiger partial charge in [0.05, 0.1) is 0 Å². The highest BCUT2D eigenvalue weighted by Gasteiger charge is 2.05. The van der Waals surface area contributed by atoms with Crippen molar-refractivity contribution < 1.29 is 0 Å². The van der Waals surface area contributed by atoms with Gasteiger partial charge in [-0.05, 0) is 45.3 Å². The molecular weight excluding hydrogens is 220 g/mol. The fourth-order valence-corrected chi connectivity index (χ4v) is 2.33. The van der Waals surface area contributed by atoms with Crippen molar-refractivity contribution in [1.29, 1.82) is 0 Å². The minimum absolute atomic E-state index is 0.0825. The number of nitrogens with two attached hydrogens (primary N) is 2. The van der Waals surface area contributed by atoms with E-state index in [2.05, 4.69) is 54.6 Å². The van der Waals surface area contributed by atoms with E-state index >= 15 is 0 Å². The maximum absolute atomic E-state index is 5.97. The molecular formula is C16H16N2. The summed E-state index contributed by atoms with van der Waals surface area (Å²) in [5, 5.41) is 4.97. The van der Waals surface area contributed by atoms with Crippen molar-refractivity contribution in [2.75, 3.05) is 6.54 Å². The van der Waals surface area contributed by atoms with Gasteiger partial charge in [-0.25, -0.2) is 0 Å². The van der Waals surface area contributed by atoms with Crippen molar-refractivity contribution in [3.8, 4) is 0 Å². The Morgan fingerprint density at radius 3 is 2.06 bits per heavy atom. The van der Waals surface area contributed by atoms with E-state index in [0.29, 0.717) is 6.54 Å². The van der Waals surface area contributed by atoms with Gasteiger partial charge in [-0.15, -0.1) is 0 Å². The summed E-state index contributed by atoms with van der Waals surface area (Å²) in [5.41, 5.74) is 12.7. The molecule has 3 aromatic carbocycles.